The van der Waals surface area contributed by atoms with Crippen LogP contribution in [0.15, 0.2) is 42.5 Å². The molecule has 26 heavy (non-hydrogen) atoms. The Kier molecular flexibility index (Phi) is 4.74. The molecule has 136 valence electrons. The lowest BCUT2D eigenvalue weighted by molar-refractivity contribution is 0.0578. The summed E-state index contributed by atoms with van der Waals surface area (Å²) >= 11 is 6.33. The quantitative estimate of drug-likeness (QED) is 0.825. The summed E-state index contributed by atoms with van der Waals surface area (Å²) in [6.07, 6.45) is 0. The van der Waals surface area contributed by atoms with E-state index in [-0.39, 0.29) is 18.7 Å². The Morgan fingerprint density at radius 1 is 1.04 bits per heavy atom. The van der Waals surface area contributed by atoms with Crippen LogP contribution in [0.5, 0.6) is 11.5 Å². The van der Waals surface area contributed by atoms with Crippen molar-refractivity contribution < 1.29 is 14.3 Å². The number of carbonyl (C=O) groups excluding carboxylic acids is 1. The minimum atomic E-state index is -0.00241. The van der Waals surface area contributed by atoms with Gasteiger partial charge in [0.1, 0.15) is 0 Å². The number of piperazine rings is 1. The number of halogens is 1. The van der Waals surface area contributed by atoms with Crippen LogP contribution in [0.2, 0.25) is 5.02 Å². The van der Waals surface area contributed by atoms with Gasteiger partial charge in [-0.05, 0) is 30.7 Å². The van der Waals surface area contributed by atoms with Crippen molar-refractivity contribution in [2.45, 2.75) is 13.0 Å². The Hall–Kier alpha value is -2.24. The van der Waals surface area contributed by atoms with Gasteiger partial charge in [-0.15, -0.1) is 0 Å². The van der Waals surface area contributed by atoms with Gasteiger partial charge in [0.2, 0.25) is 6.79 Å². The fraction of sp³-hybridized carbons (Fsp3) is 0.350. The second-order valence-electron chi connectivity index (χ2n) is 6.57. The van der Waals surface area contributed by atoms with Gasteiger partial charge in [0.05, 0.1) is 5.56 Å². The van der Waals surface area contributed by atoms with Gasteiger partial charge in [0, 0.05) is 37.2 Å². The first-order chi connectivity index (χ1) is 12.6. The molecule has 2 aromatic carbocycles. The summed E-state index contributed by atoms with van der Waals surface area (Å²) in [6.45, 7) is 5.31. The molecule has 1 atom stereocenters. The van der Waals surface area contributed by atoms with Gasteiger partial charge in [-0.2, -0.15) is 0 Å². The third kappa shape index (κ3) is 3.13. The van der Waals surface area contributed by atoms with Gasteiger partial charge >= 0.3 is 0 Å². The number of amides is 1. The lowest BCUT2D eigenvalue weighted by Gasteiger charge is -2.38. The van der Waals surface area contributed by atoms with E-state index >= 15 is 0 Å². The van der Waals surface area contributed by atoms with E-state index in [2.05, 4.69) is 17.9 Å². The zero-order valence-corrected chi connectivity index (χ0v) is 15.4. The molecule has 5 nitrogen and oxygen atoms in total. The Morgan fingerprint density at radius 2 is 1.81 bits per heavy atom. The Labute approximate surface area is 158 Å². The second kappa shape index (κ2) is 7.17. The molecule has 2 aromatic rings. The van der Waals surface area contributed by atoms with Crippen LogP contribution >= 0.6 is 11.6 Å². The van der Waals surface area contributed by atoms with Crippen LogP contribution in [0.3, 0.4) is 0 Å². The van der Waals surface area contributed by atoms with Gasteiger partial charge in [-0.3, -0.25) is 9.69 Å². The van der Waals surface area contributed by atoms with Gasteiger partial charge in [-0.1, -0.05) is 35.9 Å². The van der Waals surface area contributed by atoms with E-state index in [1.54, 1.807) is 6.07 Å². The van der Waals surface area contributed by atoms with E-state index in [1.165, 1.54) is 0 Å². The van der Waals surface area contributed by atoms with E-state index < -0.39 is 0 Å². The molecule has 1 fully saturated rings. The molecule has 1 saturated heterocycles. The van der Waals surface area contributed by atoms with Crippen molar-refractivity contribution >= 4 is 17.5 Å². The maximum absolute atomic E-state index is 12.9. The molecule has 1 amide bonds. The molecule has 0 saturated carbocycles. The molecular weight excluding hydrogens is 352 g/mol. The third-order valence-corrected chi connectivity index (χ3v) is 5.48. The molecule has 0 aromatic heterocycles. The molecule has 0 bridgehead atoms. The van der Waals surface area contributed by atoms with Crippen molar-refractivity contribution in [2.24, 2.45) is 0 Å². The highest BCUT2D eigenvalue weighted by molar-refractivity contribution is 6.31. The highest BCUT2D eigenvalue weighted by atomic mass is 35.5. The summed E-state index contributed by atoms with van der Waals surface area (Å²) in [6, 6.07) is 13.6. The van der Waals surface area contributed by atoms with Crippen molar-refractivity contribution in [1.29, 1.82) is 0 Å². The first-order valence-corrected chi connectivity index (χ1v) is 9.19. The van der Waals surface area contributed by atoms with E-state index in [0.29, 0.717) is 30.2 Å². The molecule has 0 spiro atoms. The molecule has 6 heteroatoms. The molecule has 2 aliphatic rings. The van der Waals surface area contributed by atoms with Crippen molar-refractivity contribution in [3.05, 3.63) is 58.6 Å². The minimum absolute atomic E-state index is 0.00241. The summed E-state index contributed by atoms with van der Waals surface area (Å²) in [5.74, 6) is 1.20. The van der Waals surface area contributed by atoms with Gasteiger partial charge < -0.3 is 14.4 Å². The number of benzene rings is 2. The number of para-hydroxylation sites is 1. The van der Waals surface area contributed by atoms with E-state index in [1.807, 2.05) is 35.2 Å². The Balaban J connectivity index is 1.43. The predicted octanol–water partition coefficient (Wildman–Crippen LogP) is 3.59. The zero-order chi connectivity index (χ0) is 18.1. The van der Waals surface area contributed by atoms with Crippen LogP contribution in [0.1, 0.15) is 28.9 Å². The number of carbonyl (C=O) groups is 1. The molecule has 2 aliphatic heterocycles. The minimum Gasteiger partial charge on any atom is -0.454 e. The van der Waals surface area contributed by atoms with Crippen LogP contribution in [0, 0.1) is 0 Å². The zero-order valence-electron chi connectivity index (χ0n) is 14.7. The van der Waals surface area contributed by atoms with Gasteiger partial charge in [-0.25, -0.2) is 0 Å². The van der Waals surface area contributed by atoms with Crippen LogP contribution < -0.4 is 9.47 Å². The average Bonchev–Trinajstić information content (AvgIpc) is 3.16. The third-order valence-electron chi connectivity index (χ3n) is 5.13. The first-order valence-electron chi connectivity index (χ1n) is 8.81. The lowest BCUT2D eigenvalue weighted by atomic mass is 10.1. The van der Waals surface area contributed by atoms with Crippen molar-refractivity contribution in [1.82, 2.24) is 9.80 Å². The number of rotatable bonds is 3. The number of hydrogen-bond donors (Lipinski definition) is 0. The topological polar surface area (TPSA) is 42.0 Å². The fourth-order valence-electron chi connectivity index (χ4n) is 3.59. The molecule has 4 rings (SSSR count). The summed E-state index contributed by atoms with van der Waals surface area (Å²) in [5, 5.41) is 0.788. The number of fused-ring (bicyclic) bond motifs is 1. The molecular formula is C20H21ClN2O3. The van der Waals surface area contributed by atoms with Crippen molar-refractivity contribution in [3.8, 4) is 11.5 Å². The Morgan fingerprint density at radius 3 is 2.58 bits per heavy atom. The van der Waals surface area contributed by atoms with E-state index in [9.17, 15) is 4.79 Å². The highest BCUT2D eigenvalue weighted by Crippen LogP contribution is 2.36. The normalized spacial score (nSPS) is 18.0. The summed E-state index contributed by atoms with van der Waals surface area (Å²) in [4.78, 5) is 17.2. The summed E-state index contributed by atoms with van der Waals surface area (Å²) in [5.41, 5.74) is 1.70. The number of nitrogens with zero attached hydrogens (tertiary/aromatic N) is 2. The molecule has 0 N–H and O–H groups in total. The Bertz CT molecular complexity index is 818. The monoisotopic (exact) mass is 372 g/mol. The van der Waals surface area contributed by atoms with E-state index in [4.69, 9.17) is 21.1 Å². The van der Waals surface area contributed by atoms with Gasteiger partial charge in [0.25, 0.3) is 5.91 Å². The first kappa shape index (κ1) is 17.2. The number of ether oxygens (including phenoxy) is 2. The molecule has 0 radical (unpaired) electrons. The maximum Gasteiger partial charge on any atom is 0.257 e. The van der Waals surface area contributed by atoms with Crippen LogP contribution in [0.4, 0.5) is 0 Å². The standard InChI is InChI=1S/C20H21ClN2O3/c1-14(15-5-2-3-7-17(15)21)22-9-11-23(12-10-22)20(24)16-6-4-8-18-19(16)26-13-25-18/h2-8,14H,9-13H2,1H3. The highest BCUT2D eigenvalue weighted by Gasteiger charge is 2.29. The average molecular weight is 373 g/mol. The summed E-state index contributed by atoms with van der Waals surface area (Å²) < 4.78 is 10.8. The summed E-state index contributed by atoms with van der Waals surface area (Å²) in [7, 11) is 0. The fourth-order valence-corrected chi connectivity index (χ4v) is 3.89. The number of hydrogen-bond acceptors (Lipinski definition) is 4. The molecule has 2 heterocycles. The van der Waals surface area contributed by atoms with Crippen LogP contribution in [-0.2, 0) is 0 Å². The second-order valence-corrected chi connectivity index (χ2v) is 6.97. The van der Waals surface area contributed by atoms with Crippen molar-refractivity contribution in [3.63, 3.8) is 0 Å². The smallest absolute Gasteiger partial charge is 0.257 e. The maximum atomic E-state index is 12.9. The van der Waals surface area contributed by atoms with Crippen molar-refractivity contribution in [2.75, 3.05) is 33.0 Å². The SMILES string of the molecule is CC(c1ccccc1Cl)N1CCN(C(=O)c2cccc3c2OCO3)CC1. The predicted molar refractivity (Wildman–Crippen MR) is 99.9 cm³/mol. The lowest BCUT2D eigenvalue weighted by Crippen LogP contribution is -2.49. The van der Waals surface area contributed by atoms with Crippen LogP contribution in [-0.4, -0.2) is 48.7 Å². The van der Waals surface area contributed by atoms with Crippen LogP contribution in [0.25, 0.3) is 0 Å². The van der Waals surface area contributed by atoms with E-state index in [0.717, 1.165) is 23.7 Å². The largest absolute Gasteiger partial charge is 0.454 e. The molecule has 1 unspecified atom stereocenters. The van der Waals surface area contributed by atoms with Gasteiger partial charge in [0.15, 0.2) is 11.5 Å². The molecule has 0 aliphatic carbocycles.